The van der Waals surface area contributed by atoms with Crippen LogP contribution in [0, 0.1) is 0 Å². The predicted octanol–water partition coefficient (Wildman–Crippen LogP) is 1.98. The summed E-state index contributed by atoms with van der Waals surface area (Å²) in [5.74, 6) is 1.79. The van der Waals surface area contributed by atoms with Gasteiger partial charge in [0.2, 0.25) is 0 Å². The van der Waals surface area contributed by atoms with E-state index >= 15 is 0 Å². The van der Waals surface area contributed by atoms with Crippen LogP contribution in [0.3, 0.4) is 0 Å². The molecule has 0 aliphatic heterocycles. The number of hydrogen-bond acceptors (Lipinski definition) is 4. The molecule has 7 heteroatoms. The Morgan fingerprint density at radius 3 is 2.57 bits per heavy atom. The first kappa shape index (κ1) is 19.5. The molecule has 0 spiro atoms. The molecule has 0 radical (unpaired) electrons. The first-order valence-corrected chi connectivity index (χ1v) is 10.1. The lowest BCUT2D eigenvalue weighted by atomic mass is 10.2. The van der Waals surface area contributed by atoms with Gasteiger partial charge in [0.1, 0.15) is 15.6 Å². The van der Waals surface area contributed by atoms with E-state index in [0.29, 0.717) is 25.0 Å². The van der Waals surface area contributed by atoms with Gasteiger partial charge < -0.3 is 15.1 Å². The number of hydrogen-bond donors (Lipinski definition) is 2. The quantitative estimate of drug-likeness (QED) is 0.529. The minimum atomic E-state index is -2.94. The summed E-state index contributed by atoms with van der Waals surface area (Å²) < 4.78 is 27.8. The normalized spacial score (nSPS) is 15.2. The minimum Gasteiger partial charge on any atom is -0.469 e. The Bertz CT molecular complexity index is 567. The number of nitrogens with zero attached hydrogens (tertiary/aromatic N) is 1. The van der Waals surface area contributed by atoms with Crippen molar-refractivity contribution in [3.63, 3.8) is 0 Å². The second-order valence-corrected chi connectivity index (χ2v) is 8.24. The summed E-state index contributed by atoms with van der Waals surface area (Å²) in [6.07, 6.45) is 5.19. The Morgan fingerprint density at radius 2 is 2.00 bits per heavy atom. The van der Waals surface area contributed by atoms with E-state index < -0.39 is 9.84 Å². The highest BCUT2D eigenvalue weighted by Gasteiger charge is 2.11. The van der Waals surface area contributed by atoms with Gasteiger partial charge in [0.15, 0.2) is 5.96 Å². The molecule has 23 heavy (non-hydrogen) atoms. The summed E-state index contributed by atoms with van der Waals surface area (Å²) in [4.78, 5) is 4.56. The highest BCUT2D eigenvalue weighted by molar-refractivity contribution is 7.90. The summed E-state index contributed by atoms with van der Waals surface area (Å²) in [5, 5.41) is 6.61. The Kier molecular flexibility index (Phi) is 8.16. The van der Waals surface area contributed by atoms with Gasteiger partial charge in [-0.3, -0.25) is 4.99 Å². The molecule has 0 aliphatic rings. The molecule has 0 fully saturated rings. The smallest absolute Gasteiger partial charge is 0.191 e. The minimum absolute atomic E-state index is 0.0312. The number of guanidine groups is 1. The first-order chi connectivity index (χ1) is 10.8. The van der Waals surface area contributed by atoms with Crippen LogP contribution in [0.15, 0.2) is 27.8 Å². The van der Waals surface area contributed by atoms with Gasteiger partial charge >= 0.3 is 0 Å². The highest BCUT2D eigenvalue weighted by atomic mass is 32.2. The van der Waals surface area contributed by atoms with E-state index in [1.165, 1.54) is 6.26 Å². The van der Waals surface area contributed by atoms with Gasteiger partial charge in [-0.1, -0.05) is 6.92 Å². The predicted molar refractivity (Wildman–Crippen MR) is 94.5 cm³/mol. The van der Waals surface area contributed by atoms with E-state index in [-0.39, 0.29) is 11.8 Å². The third-order valence-electron chi connectivity index (χ3n) is 3.51. The monoisotopic (exact) mass is 343 g/mol. The van der Waals surface area contributed by atoms with E-state index in [9.17, 15) is 8.42 Å². The molecular formula is C16H29N3O3S. The second kappa shape index (κ2) is 9.60. The van der Waals surface area contributed by atoms with Crippen LogP contribution in [-0.4, -0.2) is 45.0 Å². The Morgan fingerprint density at radius 1 is 1.30 bits per heavy atom. The SMILES string of the molecule is CCC(C)NC(=NCCc1ccco1)NC(C)CCS(C)(=O)=O. The zero-order valence-electron chi connectivity index (χ0n) is 14.5. The molecule has 2 atom stereocenters. The maximum Gasteiger partial charge on any atom is 0.191 e. The topological polar surface area (TPSA) is 83.7 Å². The maximum absolute atomic E-state index is 11.3. The van der Waals surface area contributed by atoms with Crippen LogP contribution in [0.2, 0.25) is 0 Å². The third-order valence-corrected chi connectivity index (χ3v) is 4.49. The number of aliphatic imine (C=N–C) groups is 1. The summed E-state index contributed by atoms with van der Waals surface area (Å²) in [7, 11) is -2.94. The van der Waals surface area contributed by atoms with E-state index in [0.717, 1.165) is 18.6 Å². The number of nitrogens with one attached hydrogen (secondary N) is 2. The molecule has 132 valence electrons. The van der Waals surface area contributed by atoms with Crippen molar-refractivity contribution in [2.24, 2.45) is 4.99 Å². The molecule has 0 bridgehead atoms. The van der Waals surface area contributed by atoms with Crippen molar-refractivity contribution in [2.45, 2.75) is 52.1 Å². The molecule has 0 amide bonds. The molecular weight excluding hydrogens is 314 g/mol. The summed E-state index contributed by atoms with van der Waals surface area (Å²) >= 11 is 0. The fourth-order valence-electron chi connectivity index (χ4n) is 1.90. The van der Waals surface area contributed by atoms with Gasteiger partial charge in [-0.2, -0.15) is 0 Å². The summed E-state index contributed by atoms with van der Waals surface area (Å²) in [5.41, 5.74) is 0. The number of rotatable bonds is 9. The van der Waals surface area contributed by atoms with Crippen molar-refractivity contribution in [3.8, 4) is 0 Å². The van der Waals surface area contributed by atoms with Crippen LogP contribution in [-0.2, 0) is 16.3 Å². The molecule has 1 rings (SSSR count). The zero-order chi connectivity index (χ0) is 17.3. The molecule has 1 aromatic rings. The molecule has 0 aliphatic carbocycles. The fourth-order valence-corrected chi connectivity index (χ4v) is 2.68. The molecule has 1 aromatic heterocycles. The standard InChI is InChI=1S/C16H29N3O3S/c1-5-13(2)18-16(17-10-8-15-7-6-11-22-15)19-14(3)9-12-23(4,20)21/h6-7,11,13-14H,5,8-10,12H2,1-4H3,(H2,17,18,19). The lowest BCUT2D eigenvalue weighted by Crippen LogP contribution is -2.46. The summed E-state index contributed by atoms with van der Waals surface area (Å²) in [6, 6.07) is 4.12. The molecule has 0 aromatic carbocycles. The van der Waals surface area contributed by atoms with Crippen LogP contribution in [0.1, 0.15) is 39.4 Å². The maximum atomic E-state index is 11.3. The van der Waals surface area contributed by atoms with Gasteiger partial charge in [-0.25, -0.2) is 8.42 Å². The van der Waals surface area contributed by atoms with Crippen LogP contribution in [0.4, 0.5) is 0 Å². The highest BCUT2D eigenvalue weighted by Crippen LogP contribution is 2.01. The van der Waals surface area contributed by atoms with Crippen molar-refractivity contribution < 1.29 is 12.8 Å². The second-order valence-electron chi connectivity index (χ2n) is 5.98. The van der Waals surface area contributed by atoms with E-state index in [4.69, 9.17) is 4.42 Å². The van der Waals surface area contributed by atoms with Crippen molar-refractivity contribution in [2.75, 3.05) is 18.6 Å². The van der Waals surface area contributed by atoms with Crippen LogP contribution < -0.4 is 10.6 Å². The number of sulfone groups is 1. The van der Waals surface area contributed by atoms with Crippen molar-refractivity contribution in [3.05, 3.63) is 24.2 Å². The number of furan rings is 1. The Labute approximate surface area is 139 Å². The molecule has 2 N–H and O–H groups in total. The molecule has 0 saturated carbocycles. The summed E-state index contributed by atoms with van der Waals surface area (Å²) in [6.45, 7) is 6.76. The van der Waals surface area contributed by atoms with Gasteiger partial charge in [0.25, 0.3) is 0 Å². The molecule has 1 heterocycles. The van der Waals surface area contributed by atoms with Gasteiger partial charge in [-0.05, 0) is 38.8 Å². The molecule has 6 nitrogen and oxygen atoms in total. The average molecular weight is 343 g/mol. The Balaban J connectivity index is 2.56. The van der Waals surface area contributed by atoms with Crippen molar-refractivity contribution >= 4 is 15.8 Å². The fraction of sp³-hybridized carbons (Fsp3) is 0.688. The van der Waals surface area contributed by atoms with E-state index in [1.54, 1.807) is 6.26 Å². The van der Waals surface area contributed by atoms with Gasteiger partial charge in [0.05, 0.1) is 12.0 Å². The lowest BCUT2D eigenvalue weighted by Gasteiger charge is -2.21. The largest absolute Gasteiger partial charge is 0.469 e. The van der Waals surface area contributed by atoms with Crippen molar-refractivity contribution in [1.29, 1.82) is 0 Å². The van der Waals surface area contributed by atoms with Crippen LogP contribution in [0.25, 0.3) is 0 Å². The lowest BCUT2D eigenvalue weighted by molar-refractivity contribution is 0.510. The third kappa shape index (κ3) is 9.28. The van der Waals surface area contributed by atoms with E-state index in [1.807, 2.05) is 19.1 Å². The van der Waals surface area contributed by atoms with Crippen LogP contribution in [0.5, 0.6) is 0 Å². The van der Waals surface area contributed by atoms with Crippen LogP contribution >= 0.6 is 0 Å². The van der Waals surface area contributed by atoms with Crippen molar-refractivity contribution in [1.82, 2.24) is 10.6 Å². The van der Waals surface area contributed by atoms with Gasteiger partial charge in [-0.15, -0.1) is 0 Å². The zero-order valence-corrected chi connectivity index (χ0v) is 15.3. The Hall–Kier alpha value is -1.50. The van der Waals surface area contributed by atoms with Gasteiger partial charge in [0, 0.05) is 31.3 Å². The molecule has 2 unspecified atom stereocenters. The average Bonchev–Trinajstić information content (AvgIpc) is 2.97. The van der Waals surface area contributed by atoms with E-state index in [2.05, 4.69) is 29.5 Å². The molecule has 0 saturated heterocycles. The first-order valence-electron chi connectivity index (χ1n) is 8.07.